The van der Waals surface area contributed by atoms with Crippen molar-refractivity contribution in [2.24, 2.45) is 0 Å². The summed E-state index contributed by atoms with van der Waals surface area (Å²) in [7, 11) is 0. The van der Waals surface area contributed by atoms with Gasteiger partial charge in [0.2, 0.25) is 0 Å². The fourth-order valence-electron chi connectivity index (χ4n) is 3.27. The smallest absolute Gasteiger partial charge is 0.133 e. The van der Waals surface area contributed by atoms with Gasteiger partial charge in [0.05, 0.1) is 5.69 Å². The van der Waals surface area contributed by atoms with Crippen LogP contribution in [0.1, 0.15) is 29.1 Å². The molecule has 2 heterocycles. The van der Waals surface area contributed by atoms with Crippen LogP contribution >= 0.6 is 12.4 Å². The van der Waals surface area contributed by atoms with Crippen molar-refractivity contribution >= 4 is 12.4 Å². The van der Waals surface area contributed by atoms with E-state index in [1.165, 1.54) is 17.7 Å². The third-order valence-corrected chi connectivity index (χ3v) is 4.53. The Morgan fingerprint density at radius 2 is 1.73 bits per heavy atom. The zero-order chi connectivity index (χ0) is 17.1. The molecule has 0 atom stereocenters. The van der Waals surface area contributed by atoms with Crippen molar-refractivity contribution in [3.8, 4) is 11.3 Å². The molecule has 3 aromatic rings. The molecule has 1 aliphatic rings. The predicted molar refractivity (Wildman–Crippen MR) is 104 cm³/mol. The second kappa shape index (κ2) is 8.39. The predicted octanol–water partition coefficient (Wildman–Crippen LogP) is 4.33. The zero-order valence-corrected chi connectivity index (χ0v) is 15.2. The third-order valence-electron chi connectivity index (χ3n) is 4.53. The Balaban J connectivity index is 0.00000196. The molecule has 26 heavy (non-hydrogen) atoms. The Labute approximate surface area is 159 Å². The van der Waals surface area contributed by atoms with Gasteiger partial charge in [0.15, 0.2) is 0 Å². The van der Waals surface area contributed by atoms with Crippen LogP contribution in [0.3, 0.4) is 0 Å². The standard InChI is InChI=1S/C21H20FN3.ClH/c22-17-10-8-16(9-11-17)21-18-14-23-12-4-7-19(18)24-20(25-21)13-15-5-2-1-3-6-15;/h1-3,5-6,8-11,23H,4,7,12-14H2;1H. The van der Waals surface area contributed by atoms with Gasteiger partial charge in [-0.05, 0) is 49.2 Å². The van der Waals surface area contributed by atoms with Gasteiger partial charge in [-0.2, -0.15) is 0 Å². The molecule has 4 rings (SSSR count). The molecular weight excluding hydrogens is 349 g/mol. The van der Waals surface area contributed by atoms with E-state index in [1.807, 2.05) is 18.2 Å². The summed E-state index contributed by atoms with van der Waals surface area (Å²) in [6.45, 7) is 1.74. The summed E-state index contributed by atoms with van der Waals surface area (Å²) in [4.78, 5) is 9.70. The highest BCUT2D eigenvalue weighted by atomic mass is 35.5. The summed E-state index contributed by atoms with van der Waals surface area (Å²) in [5, 5.41) is 3.44. The number of benzene rings is 2. The van der Waals surface area contributed by atoms with Crippen molar-refractivity contribution in [1.82, 2.24) is 15.3 Å². The minimum Gasteiger partial charge on any atom is -0.313 e. The van der Waals surface area contributed by atoms with Crippen LogP contribution in [0.4, 0.5) is 4.39 Å². The molecule has 1 aliphatic heterocycles. The Morgan fingerprint density at radius 3 is 2.50 bits per heavy atom. The van der Waals surface area contributed by atoms with Crippen molar-refractivity contribution in [2.75, 3.05) is 6.54 Å². The van der Waals surface area contributed by atoms with Gasteiger partial charge in [0, 0.05) is 29.8 Å². The Hall–Kier alpha value is -2.30. The molecule has 0 amide bonds. The van der Waals surface area contributed by atoms with Gasteiger partial charge < -0.3 is 5.32 Å². The topological polar surface area (TPSA) is 37.8 Å². The average molecular weight is 370 g/mol. The molecule has 134 valence electrons. The maximum absolute atomic E-state index is 13.3. The molecule has 0 unspecified atom stereocenters. The molecule has 2 aromatic carbocycles. The first kappa shape index (κ1) is 18.5. The van der Waals surface area contributed by atoms with Gasteiger partial charge in [-0.1, -0.05) is 30.3 Å². The molecule has 3 nitrogen and oxygen atoms in total. The number of nitrogens with one attached hydrogen (secondary N) is 1. The fourth-order valence-corrected chi connectivity index (χ4v) is 3.27. The van der Waals surface area contributed by atoms with Crippen molar-refractivity contribution in [2.45, 2.75) is 25.8 Å². The summed E-state index contributed by atoms with van der Waals surface area (Å²) in [6, 6.07) is 16.8. The first-order valence-corrected chi connectivity index (χ1v) is 8.69. The van der Waals surface area contributed by atoms with E-state index in [4.69, 9.17) is 9.97 Å². The number of aromatic nitrogens is 2. The second-order valence-electron chi connectivity index (χ2n) is 6.36. The summed E-state index contributed by atoms with van der Waals surface area (Å²) in [5.41, 5.74) is 5.31. The van der Waals surface area contributed by atoms with E-state index in [2.05, 4.69) is 17.4 Å². The molecular formula is C21H21ClFN3. The van der Waals surface area contributed by atoms with Gasteiger partial charge >= 0.3 is 0 Å². The third kappa shape index (κ3) is 4.09. The van der Waals surface area contributed by atoms with Crippen LogP contribution < -0.4 is 5.32 Å². The number of aryl methyl sites for hydroxylation is 1. The fraction of sp³-hybridized carbons (Fsp3) is 0.238. The quantitative estimate of drug-likeness (QED) is 0.746. The van der Waals surface area contributed by atoms with E-state index in [9.17, 15) is 4.39 Å². The molecule has 0 aliphatic carbocycles. The van der Waals surface area contributed by atoms with Crippen molar-refractivity contribution in [1.29, 1.82) is 0 Å². The number of nitrogens with zero attached hydrogens (tertiary/aromatic N) is 2. The number of rotatable bonds is 3. The molecule has 1 N–H and O–H groups in total. The minimum absolute atomic E-state index is 0. The van der Waals surface area contributed by atoms with Gasteiger partial charge in [-0.15, -0.1) is 12.4 Å². The summed E-state index contributed by atoms with van der Waals surface area (Å²) >= 11 is 0. The molecule has 0 bridgehead atoms. The van der Waals surface area contributed by atoms with E-state index in [0.717, 1.165) is 54.3 Å². The van der Waals surface area contributed by atoms with Crippen LogP contribution in [0, 0.1) is 5.82 Å². The van der Waals surface area contributed by atoms with Crippen LogP contribution in [0.2, 0.25) is 0 Å². The lowest BCUT2D eigenvalue weighted by molar-refractivity contribution is 0.628. The van der Waals surface area contributed by atoms with E-state index in [-0.39, 0.29) is 18.2 Å². The minimum atomic E-state index is -0.230. The molecule has 0 saturated carbocycles. The molecule has 0 fully saturated rings. The van der Waals surface area contributed by atoms with Gasteiger partial charge in [0.1, 0.15) is 11.6 Å². The van der Waals surface area contributed by atoms with Crippen molar-refractivity contribution in [3.05, 3.63) is 83.1 Å². The lowest BCUT2D eigenvalue weighted by Crippen LogP contribution is -2.14. The highest BCUT2D eigenvalue weighted by molar-refractivity contribution is 5.85. The molecule has 1 aromatic heterocycles. The monoisotopic (exact) mass is 369 g/mol. The van der Waals surface area contributed by atoms with Gasteiger partial charge in [-0.3, -0.25) is 0 Å². The number of fused-ring (bicyclic) bond motifs is 1. The average Bonchev–Trinajstić information content (AvgIpc) is 2.88. The Bertz CT molecular complexity index is 866. The highest BCUT2D eigenvalue weighted by Gasteiger charge is 2.18. The summed E-state index contributed by atoms with van der Waals surface area (Å²) < 4.78 is 13.3. The summed E-state index contributed by atoms with van der Waals surface area (Å²) in [5.74, 6) is 0.595. The van der Waals surface area contributed by atoms with Crippen LogP contribution in [0.15, 0.2) is 54.6 Å². The van der Waals surface area contributed by atoms with E-state index >= 15 is 0 Å². The first-order valence-electron chi connectivity index (χ1n) is 8.69. The highest BCUT2D eigenvalue weighted by Crippen LogP contribution is 2.26. The Kier molecular flexibility index (Phi) is 5.96. The first-order chi connectivity index (χ1) is 12.3. The van der Waals surface area contributed by atoms with E-state index in [0.29, 0.717) is 6.42 Å². The summed E-state index contributed by atoms with van der Waals surface area (Å²) in [6.07, 6.45) is 2.72. The molecule has 0 radical (unpaired) electrons. The number of hydrogen-bond donors (Lipinski definition) is 1. The normalized spacial score (nSPS) is 13.4. The maximum Gasteiger partial charge on any atom is 0.133 e. The molecule has 0 spiro atoms. The van der Waals surface area contributed by atoms with Crippen molar-refractivity contribution in [3.63, 3.8) is 0 Å². The van der Waals surface area contributed by atoms with Gasteiger partial charge in [0.25, 0.3) is 0 Å². The second-order valence-corrected chi connectivity index (χ2v) is 6.36. The van der Waals surface area contributed by atoms with Crippen LogP contribution in [0.5, 0.6) is 0 Å². The Morgan fingerprint density at radius 1 is 0.962 bits per heavy atom. The maximum atomic E-state index is 13.3. The van der Waals surface area contributed by atoms with Crippen LogP contribution in [-0.4, -0.2) is 16.5 Å². The SMILES string of the molecule is Cl.Fc1ccc(-c2nc(Cc3ccccc3)nc3c2CNCCC3)cc1. The largest absolute Gasteiger partial charge is 0.313 e. The lowest BCUT2D eigenvalue weighted by Gasteiger charge is -2.14. The molecule has 5 heteroatoms. The van der Waals surface area contributed by atoms with Crippen molar-refractivity contribution < 1.29 is 4.39 Å². The van der Waals surface area contributed by atoms with E-state index in [1.54, 1.807) is 12.1 Å². The van der Waals surface area contributed by atoms with E-state index < -0.39 is 0 Å². The van der Waals surface area contributed by atoms with Crippen LogP contribution in [-0.2, 0) is 19.4 Å². The number of hydrogen-bond acceptors (Lipinski definition) is 3. The molecule has 0 saturated heterocycles. The zero-order valence-electron chi connectivity index (χ0n) is 14.4. The lowest BCUT2D eigenvalue weighted by atomic mass is 10.0. The van der Waals surface area contributed by atoms with Crippen LogP contribution in [0.25, 0.3) is 11.3 Å². The number of halogens is 2. The van der Waals surface area contributed by atoms with Gasteiger partial charge in [-0.25, -0.2) is 14.4 Å².